The summed E-state index contributed by atoms with van der Waals surface area (Å²) in [6.07, 6.45) is 1.50. The van der Waals surface area contributed by atoms with E-state index in [-0.39, 0.29) is 24.9 Å². The number of carbonyl (C=O) groups is 2. The Morgan fingerprint density at radius 1 is 1.03 bits per heavy atom. The Bertz CT molecular complexity index is 1070. The first-order valence-electron chi connectivity index (χ1n) is 11.1. The lowest BCUT2D eigenvalue weighted by atomic mass is 10.0. The zero-order valence-electron chi connectivity index (χ0n) is 20.3. The van der Waals surface area contributed by atoms with Gasteiger partial charge in [-0.25, -0.2) is 8.42 Å². The number of anilines is 1. The van der Waals surface area contributed by atoms with Gasteiger partial charge in [-0.2, -0.15) is 0 Å². The van der Waals surface area contributed by atoms with Crippen LogP contribution in [0.5, 0.6) is 0 Å². The van der Waals surface area contributed by atoms with Crippen molar-refractivity contribution in [2.45, 2.75) is 52.6 Å². The number of benzene rings is 2. The Morgan fingerprint density at radius 3 is 2.15 bits per heavy atom. The smallest absolute Gasteiger partial charge is 0.244 e. The third kappa shape index (κ3) is 6.81. The van der Waals surface area contributed by atoms with Crippen LogP contribution in [0.3, 0.4) is 0 Å². The molecule has 8 heteroatoms. The summed E-state index contributed by atoms with van der Waals surface area (Å²) in [5.41, 5.74) is 3.26. The van der Waals surface area contributed by atoms with Crippen molar-refractivity contribution in [1.29, 1.82) is 0 Å². The van der Waals surface area contributed by atoms with Crippen molar-refractivity contribution in [3.63, 3.8) is 0 Å². The molecule has 0 saturated heterocycles. The van der Waals surface area contributed by atoms with Gasteiger partial charge >= 0.3 is 0 Å². The Kier molecular flexibility index (Phi) is 9.05. The van der Waals surface area contributed by atoms with Gasteiger partial charge in [-0.05, 0) is 36.5 Å². The van der Waals surface area contributed by atoms with Crippen molar-refractivity contribution in [3.05, 3.63) is 65.2 Å². The molecule has 0 aliphatic carbocycles. The fourth-order valence-electron chi connectivity index (χ4n) is 3.77. The highest BCUT2D eigenvalue weighted by Gasteiger charge is 2.32. The second kappa shape index (κ2) is 11.3. The highest BCUT2D eigenvalue weighted by atomic mass is 32.2. The minimum Gasteiger partial charge on any atom is -0.357 e. The molecule has 0 spiro atoms. The van der Waals surface area contributed by atoms with Crippen LogP contribution in [0.1, 0.15) is 49.8 Å². The van der Waals surface area contributed by atoms with Crippen molar-refractivity contribution in [2.75, 3.05) is 24.2 Å². The van der Waals surface area contributed by atoms with E-state index < -0.39 is 22.0 Å². The molecule has 0 radical (unpaired) electrons. The molecule has 0 bridgehead atoms. The summed E-state index contributed by atoms with van der Waals surface area (Å²) >= 11 is 0. The van der Waals surface area contributed by atoms with Gasteiger partial charge in [0.2, 0.25) is 21.8 Å². The monoisotopic (exact) mass is 473 g/mol. The standard InChI is InChI=1S/C25H35N3O4S/c1-7-22(25(30)26-5)27(16-20-14-12-19(4)13-15-20)24(29)17-28(33(6,31)32)23-11-9-8-10-21(23)18(2)3/h8-15,18,22H,7,16-17H2,1-6H3,(H,26,30)/t22-/m0/s1. The molecule has 2 amide bonds. The third-order valence-electron chi connectivity index (χ3n) is 5.61. The van der Waals surface area contributed by atoms with E-state index in [2.05, 4.69) is 5.32 Å². The molecule has 2 rings (SSSR count). The van der Waals surface area contributed by atoms with E-state index in [0.29, 0.717) is 12.1 Å². The maximum atomic E-state index is 13.6. The second-order valence-corrected chi connectivity index (χ2v) is 10.4. The number of rotatable bonds is 10. The maximum absolute atomic E-state index is 13.6. The predicted octanol–water partition coefficient (Wildman–Crippen LogP) is 3.44. The topological polar surface area (TPSA) is 86.8 Å². The number of sulfonamides is 1. The molecule has 1 N–H and O–H groups in total. The molecule has 1 atom stereocenters. The summed E-state index contributed by atoms with van der Waals surface area (Å²) in [6, 6.07) is 14.2. The van der Waals surface area contributed by atoms with Crippen LogP contribution >= 0.6 is 0 Å². The molecule has 0 aliphatic heterocycles. The van der Waals surface area contributed by atoms with Gasteiger partial charge in [0, 0.05) is 13.6 Å². The lowest BCUT2D eigenvalue weighted by Crippen LogP contribution is -2.51. The van der Waals surface area contributed by atoms with Crippen LogP contribution < -0.4 is 9.62 Å². The van der Waals surface area contributed by atoms with Gasteiger partial charge in [0.1, 0.15) is 12.6 Å². The van der Waals surface area contributed by atoms with Gasteiger partial charge in [0.15, 0.2) is 0 Å². The number of nitrogens with zero attached hydrogens (tertiary/aromatic N) is 2. The van der Waals surface area contributed by atoms with Crippen molar-refractivity contribution < 1.29 is 18.0 Å². The van der Waals surface area contributed by atoms with Crippen molar-refractivity contribution in [2.24, 2.45) is 0 Å². The van der Waals surface area contributed by atoms with Gasteiger partial charge in [0.25, 0.3) is 0 Å². The molecule has 2 aromatic carbocycles. The molecule has 180 valence electrons. The molecule has 0 aromatic heterocycles. The molecule has 7 nitrogen and oxygen atoms in total. The highest BCUT2D eigenvalue weighted by molar-refractivity contribution is 7.92. The zero-order chi connectivity index (χ0) is 24.8. The summed E-state index contributed by atoms with van der Waals surface area (Å²) in [5.74, 6) is -0.653. The molecule has 0 unspecified atom stereocenters. The molecule has 0 heterocycles. The average molecular weight is 474 g/mol. The lowest BCUT2D eigenvalue weighted by molar-refractivity contribution is -0.140. The van der Waals surface area contributed by atoms with Crippen LogP contribution in [0, 0.1) is 6.92 Å². The molecule has 33 heavy (non-hydrogen) atoms. The Balaban J connectivity index is 2.48. The van der Waals surface area contributed by atoms with Crippen molar-refractivity contribution in [1.82, 2.24) is 10.2 Å². The van der Waals surface area contributed by atoms with E-state index in [1.807, 2.05) is 64.1 Å². The number of carbonyl (C=O) groups excluding carboxylic acids is 2. The molecular formula is C25H35N3O4S. The van der Waals surface area contributed by atoms with E-state index in [4.69, 9.17) is 0 Å². The molecule has 0 fully saturated rings. The second-order valence-electron chi connectivity index (χ2n) is 8.53. The lowest BCUT2D eigenvalue weighted by Gasteiger charge is -2.33. The third-order valence-corrected chi connectivity index (χ3v) is 6.74. The Morgan fingerprint density at radius 2 is 1.64 bits per heavy atom. The van der Waals surface area contributed by atoms with Gasteiger partial charge in [0.05, 0.1) is 11.9 Å². The quantitative estimate of drug-likeness (QED) is 0.573. The molecular weight excluding hydrogens is 438 g/mol. The van der Waals surface area contributed by atoms with Gasteiger partial charge in [-0.3, -0.25) is 13.9 Å². The highest BCUT2D eigenvalue weighted by Crippen LogP contribution is 2.29. The van der Waals surface area contributed by atoms with Crippen molar-refractivity contribution >= 4 is 27.5 Å². The number of aryl methyl sites for hydroxylation is 1. The zero-order valence-corrected chi connectivity index (χ0v) is 21.1. The number of nitrogens with one attached hydrogen (secondary N) is 1. The van der Waals surface area contributed by atoms with Crippen LogP contribution in [-0.4, -0.2) is 51.0 Å². The maximum Gasteiger partial charge on any atom is 0.244 e. The average Bonchev–Trinajstić information content (AvgIpc) is 2.77. The predicted molar refractivity (Wildman–Crippen MR) is 133 cm³/mol. The number of hydrogen-bond acceptors (Lipinski definition) is 4. The summed E-state index contributed by atoms with van der Waals surface area (Å²) in [4.78, 5) is 27.7. The van der Waals surface area contributed by atoms with E-state index in [0.717, 1.165) is 27.3 Å². The molecule has 0 saturated carbocycles. The minimum atomic E-state index is -3.75. The van der Waals surface area contributed by atoms with Crippen LogP contribution in [0.2, 0.25) is 0 Å². The fourth-order valence-corrected chi connectivity index (χ4v) is 4.64. The molecule has 0 aliphatic rings. The van der Waals surface area contributed by atoms with Crippen LogP contribution in [0.4, 0.5) is 5.69 Å². The van der Waals surface area contributed by atoms with Crippen LogP contribution in [0.25, 0.3) is 0 Å². The van der Waals surface area contributed by atoms with Gasteiger partial charge in [-0.1, -0.05) is 68.8 Å². The number of para-hydroxylation sites is 1. The summed E-state index contributed by atoms with van der Waals surface area (Å²) in [7, 11) is -2.23. The first kappa shape index (κ1) is 26.4. The van der Waals surface area contributed by atoms with E-state index >= 15 is 0 Å². The number of hydrogen-bond donors (Lipinski definition) is 1. The minimum absolute atomic E-state index is 0.0680. The summed E-state index contributed by atoms with van der Waals surface area (Å²) < 4.78 is 26.7. The fraction of sp³-hybridized carbons (Fsp3) is 0.440. The largest absolute Gasteiger partial charge is 0.357 e. The Hall–Kier alpha value is -2.87. The Labute approximate surface area is 197 Å². The van der Waals surface area contributed by atoms with E-state index in [9.17, 15) is 18.0 Å². The first-order valence-corrected chi connectivity index (χ1v) is 13.0. The van der Waals surface area contributed by atoms with Crippen LogP contribution in [-0.2, 0) is 26.2 Å². The first-order chi connectivity index (χ1) is 15.5. The van der Waals surface area contributed by atoms with Gasteiger partial charge in [-0.15, -0.1) is 0 Å². The van der Waals surface area contributed by atoms with E-state index in [1.54, 1.807) is 12.1 Å². The van der Waals surface area contributed by atoms with Gasteiger partial charge < -0.3 is 10.2 Å². The van der Waals surface area contributed by atoms with E-state index in [1.165, 1.54) is 11.9 Å². The van der Waals surface area contributed by atoms with Crippen molar-refractivity contribution in [3.8, 4) is 0 Å². The summed E-state index contributed by atoms with van der Waals surface area (Å²) in [5, 5.41) is 2.62. The summed E-state index contributed by atoms with van der Waals surface area (Å²) in [6.45, 7) is 7.57. The SMILES string of the molecule is CC[C@@H](C(=O)NC)N(Cc1ccc(C)cc1)C(=O)CN(c1ccccc1C(C)C)S(C)(=O)=O. The van der Waals surface area contributed by atoms with Crippen LogP contribution in [0.15, 0.2) is 48.5 Å². The normalized spacial score (nSPS) is 12.3. The molecule has 2 aromatic rings. The number of likely N-dealkylation sites (N-methyl/N-ethyl adjacent to an activating group) is 1. The number of amides is 2.